The average molecular weight is 320 g/mol. The first-order valence-electron chi connectivity index (χ1n) is 8.12. The van der Waals surface area contributed by atoms with Crippen LogP contribution >= 0.6 is 0 Å². The summed E-state index contributed by atoms with van der Waals surface area (Å²) in [4.78, 5) is 24.0. The number of carbonyl (C=O) groups is 2. The fourth-order valence-electron chi connectivity index (χ4n) is 2.26. The third-order valence-corrected chi connectivity index (χ3v) is 3.88. The number of nitrogens with one attached hydrogen (secondary N) is 1. The van der Waals surface area contributed by atoms with Crippen LogP contribution in [0.25, 0.3) is 0 Å². The van der Waals surface area contributed by atoms with Crippen LogP contribution in [0, 0.1) is 5.92 Å². The van der Waals surface area contributed by atoms with Gasteiger partial charge in [0, 0.05) is 20.1 Å². The molecule has 1 aromatic rings. The van der Waals surface area contributed by atoms with Crippen LogP contribution in [0.2, 0.25) is 0 Å². The Morgan fingerprint density at radius 3 is 2.30 bits per heavy atom. The summed E-state index contributed by atoms with van der Waals surface area (Å²) in [6, 6.07) is 8.35. The molecule has 0 radical (unpaired) electrons. The number of hydrogen-bond donors (Lipinski definition) is 2. The first-order chi connectivity index (χ1) is 10.8. The van der Waals surface area contributed by atoms with Crippen LogP contribution < -0.4 is 5.32 Å². The van der Waals surface area contributed by atoms with Crippen LogP contribution in [0.1, 0.15) is 44.2 Å². The van der Waals surface area contributed by atoms with Gasteiger partial charge in [0.15, 0.2) is 0 Å². The van der Waals surface area contributed by atoms with Crippen molar-refractivity contribution in [2.75, 3.05) is 20.1 Å². The molecule has 1 rings (SSSR count). The van der Waals surface area contributed by atoms with Crippen molar-refractivity contribution < 1.29 is 14.7 Å². The highest BCUT2D eigenvalue weighted by molar-refractivity contribution is 5.75. The highest BCUT2D eigenvalue weighted by Gasteiger charge is 2.16. The molecular formula is C18H28N2O3. The number of amides is 2. The maximum Gasteiger partial charge on any atom is 0.317 e. The Bertz CT molecular complexity index is 512. The van der Waals surface area contributed by atoms with Gasteiger partial charge in [-0.05, 0) is 29.9 Å². The zero-order chi connectivity index (χ0) is 17.4. The van der Waals surface area contributed by atoms with Crippen molar-refractivity contribution in [1.29, 1.82) is 0 Å². The standard InChI is InChI=1S/C18H28N2O3/c1-13(2)16-9-7-15(8-10-16)6-5-11-19-18(23)20(4)12-14(3)17(21)22/h7-10,13-14H,5-6,11-12H2,1-4H3,(H,19,23)(H,21,22). The van der Waals surface area contributed by atoms with Crippen LogP contribution in [0.4, 0.5) is 4.79 Å². The summed E-state index contributed by atoms with van der Waals surface area (Å²) in [5.74, 6) is -0.924. The second-order valence-electron chi connectivity index (χ2n) is 6.35. The Morgan fingerprint density at radius 2 is 1.78 bits per heavy atom. The van der Waals surface area contributed by atoms with Crippen molar-refractivity contribution in [2.24, 2.45) is 5.92 Å². The molecule has 0 fully saturated rings. The fraction of sp³-hybridized carbons (Fsp3) is 0.556. The van der Waals surface area contributed by atoms with Crippen molar-refractivity contribution in [3.05, 3.63) is 35.4 Å². The summed E-state index contributed by atoms with van der Waals surface area (Å²) in [5, 5.41) is 11.7. The molecule has 23 heavy (non-hydrogen) atoms. The number of carbonyl (C=O) groups excluding carboxylic acids is 1. The van der Waals surface area contributed by atoms with E-state index in [0.717, 1.165) is 12.8 Å². The molecule has 0 heterocycles. The van der Waals surface area contributed by atoms with Crippen LogP contribution in [0.5, 0.6) is 0 Å². The molecular weight excluding hydrogens is 292 g/mol. The molecule has 0 spiro atoms. The van der Waals surface area contributed by atoms with Gasteiger partial charge >= 0.3 is 12.0 Å². The molecule has 0 saturated carbocycles. The second kappa shape index (κ2) is 9.18. The first kappa shape index (κ1) is 19.0. The number of rotatable bonds is 8. The average Bonchev–Trinajstić information content (AvgIpc) is 2.51. The van der Waals surface area contributed by atoms with Gasteiger partial charge < -0.3 is 15.3 Å². The largest absolute Gasteiger partial charge is 0.481 e. The molecule has 0 aliphatic heterocycles. The topological polar surface area (TPSA) is 69.6 Å². The minimum atomic E-state index is -0.894. The lowest BCUT2D eigenvalue weighted by atomic mass is 10.0. The summed E-state index contributed by atoms with van der Waals surface area (Å²) in [5.41, 5.74) is 2.59. The number of urea groups is 1. The maximum atomic E-state index is 11.9. The normalized spacial score (nSPS) is 12.0. The Kier molecular flexibility index (Phi) is 7.59. The fourth-order valence-corrected chi connectivity index (χ4v) is 2.26. The third-order valence-electron chi connectivity index (χ3n) is 3.88. The van der Waals surface area contributed by atoms with E-state index < -0.39 is 11.9 Å². The van der Waals surface area contributed by atoms with Gasteiger partial charge in [-0.15, -0.1) is 0 Å². The molecule has 0 saturated heterocycles. The minimum absolute atomic E-state index is 0.206. The number of carboxylic acids is 1. The van der Waals surface area contributed by atoms with Crippen LogP contribution in [0.3, 0.4) is 0 Å². The quantitative estimate of drug-likeness (QED) is 0.723. The number of aliphatic carboxylic acids is 1. The molecule has 128 valence electrons. The molecule has 0 bridgehead atoms. The summed E-state index contributed by atoms with van der Waals surface area (Å²) < 4.78 is 0. The van der Waals surface area contributed by atoms with Gasteiger partial charge in [0.25, 0.3) is 0 Å². The van der Waals surface area contributed by atoms with Gasteiger partial charge in [-0.1, -0.05) is 45.0 Å². The Labute approximate surface area is 138 Å². The van der Waals surface area contributed by atoms with Gasteiger partial charge in [0.05, 0.1) is 5.92 Å². The van der Waals surface area contributed by atoms with E-state index in [1.807, 2.05) is 0 Å². The van der Waals surface area contributed by atoms with E-state index in [1.165, 1.54) is 16.0 Å². The summed E-state index contributed by atoms with van der Waals surface area (Å²) in [6.07, 6.45) is 1.77. The predicted octanol–water partition coefficient (Wildman–Crippen LogP) is 3.10. The molecule has 0 aliphatic carbocycles. The highest BCUT2D eigenvalue weighted by atomic mass is 16.4. The smallest absolute Gasteiger partial charge is 0.317 e. The lowest BCUT2D eigenvalue weighted by molar-refractivity contribution is -0.141. The molecule has 0 aliphatic rings. The molecule has 1 aromatic carbocycles. The SMILES string of the molecule is CC(CN(C)C(=O)NCCCc1ccc(C(C)C)cc1)C(=O)O. The number of carboxylic acid groups (broad SMARTS) is 1. The van der Waals surface area contributed by atoms with Crippen molar-refractivity contribution in [3.8, 4) is 0 Å². The van der Waals surface area contributed by atoms with E-state index in [9.17, 15) is 9.59 Å². The molecule has 5 heteroatoms. The van der Waals surface area contributed by atoms with E-state index >= 15 is 0 Å². The van der Waals surface area contributed by atoms with Gasteiger partial charge in [-0.2, -0.15) is 0 Å². The van der Waals surface area contributed by atoms with E-state index in [-0.39, 0.29) is 12.6 Å². The van der Waals surface area contributed by atoms with E-state index in [0.29, 0.717) is 12.5 Å². The highest BCUT2D eigenvalue weighted by Crippen LogP contribution is 2.15. The monoisotopic (exact) mass is 320 g/mol. The lowest BCUT2D eigenvalue weighted by Gasteiger charge is -2.20. The van der Waals surface area contributed by atoms with E-state index in [4.69, 9.17) is 5.11 Å². The Balaban J connectivity index is 2.28. The summed E-state index contributed by atoms with van der Waals surface area (Å²) >= 11 is 0. The van der Waals surface area contributed by atoms with Gasteiger partial charge in [0.1, 0.15) is 0 Å². The molecule has 0 aromatic heterocycles. The molecule has 1 unspecified atom stereocenters. The summed E-state index contributed by atoms with van der Waals surface area (Å²) in [7, 11) is 1.61. The van der Waals surface area contributed by atoms with Crippen LogP contribution in [0.15, 0.2) is 24.3 Å². The van der Waals surface area contributed by atoms with Crippen molar-refractivity contribution >= 4 is 12.0 Å². The van der Waals surface area contributed by atoms with Crippen LogP contribution in [-0.4, -0.2) is 42.1 Å². The zero-order valence-electron chi connectivity index (χ0n) is 14.5. The van der Waals surface area contributed by atoms with Crippen LogP contribution in [-0.2, 0) is 11.2 Å². The number of nitrogens with zero attached hydrogens (tertiary/aromatic N) is 1. The van der Waals surface area contributed by atoms with Gasteiger partial charge in [-0.3, -0.25) is 4.79 Å². The predicted molar refractivity (Wildman–Crippen MR) is 91.7 cm³/mol. The number of benzene rings is 1. The Hall–Kier alpha value is -2.04. The van der Waals surface area contributed by atoms with Crippen molar-refractivity contribution in [1.82, 2.24) is 10.2 Å². The third kappa shape index (κ3) is 6.72. The lowest BCUT2D eigenvalue weighted by Crippen LogP contribution is -2.41. The first-order valence-corrected chi connectivity index (χ1v) is 8.12. The number of hydrogen-bond acceptors (Lipinski definition) is 2. The number of aryl methyl sites for hydroxylation is 1. The maximum absolute atomic E-state index is 11.9. The molecule has 2 N–H and O–H groups in total. The van der Waals surface area contributed by atoms with Crippen molar-refractivity contribution in [3.63, 3.8) is 0 Å². The molecule has 1 atom stereocenters. The zero-order valence-corrected chi connectivity index (χ0v) is 14.5. The summed E-state index contributed by atoms with van der Waals surface area (Å²) in [6.45, 7) is 6.72. The second-order valence-corrected chi connectivity index (χ2v) is 6.35. The van der Waals surface area contributed by atoms with E-state index in [1.54, 1.807) is 14.0 Å². The molecule has 5 nitrogen and oxygen atoms in total. The molecule has 2 amide bonds. The van der Waals surface area contributed by atoms with E-state index in [2.05, 4.69) is 43.4 Å². The Morgan fingerprint density at radius 1 is 1.17 bits per heavy atom. The van der Waals surface area contributed by atoms with Gasteiger partial charge in [-0.25, -0.2) is 4.79 Å². The van der Waals surface area contributed by atoms with Crippen molar-refractivity contribution in [2.45, 2.75) is 39.5 Å². The van der Waals surface area contributed by atoms with Gasteiger partial charge in [0.2, 0.25) is 0 Å². The minimum Gasteiger partial charge on any atom is -0.481 e.